The summed E-state index contributed by atoms with van der Waals surface area (Å²) in [6.45, 7) is 4.26. The second-order valence-corrected chi connectivity index (χ2v) is 5.64. The highest BCUT2D eigenvalue weighted by atomic mass is 35.5. The average Bonchev–Trinajstić information content (AvgIpc) is 2.35. The number of rotatable bonds is 7. The van der Waals surface area contributed by atoms with Crippen molar-refractivity contribution < 1.29 is 9.66 Å². The molecule has 0 radical (unpaired) electrons. The number of nitrogens with zero attached hydrogens (tertiary/aromatic N) is 1. The fourth-order valence-electron chi connectivity index (χ4n) is 2.02. The van der Waals surface area contributed by atoms with E-state index < -0.39 is 4.92 Å². The van der Waals surface area contributed by atoms with Gasteiger partial charge in [-0.2, -0.15) is 0 Å². The number of hydrogen-bond acceptors (Lipinski definition) is 3. The number of ether oxygens (including phenoxy) is 1. The molecule has 4 nitrogen and oxygen atoms in total. The molecule has 5 heteroatoms. The molecule has 0 spiro atoms. The van der Waals surface area contributed by atoms with E-state index in [1.807, 2.05) is 0 Å². The number of methoxy groups -OCH3 is 1. The summed E-state index contributed by atoms with van der Waals surface area (Å²) < 4.78 is 5.23. The van der Waals surface area contributed by atoms with Gasteiger partial charge in [-0.15, -0.1) is 11.6 Å². The van der Waals surface area contributed by atoms with Gasteiger partial charge in [0, 0.05) is 23.1 Å². The molecule has 1 aromatic carbocycles. The molecule has 0 aliphatic heterocycles. The van der Waals surface area contributed by atoms with Gasteiger partial charge in [0.1, 0.15) is 5.75 Å². The van der Waals surface area contributed by atoms with Gasteiger partial charge in [-0.25, -0.2) is 0 Å². The van der Waals surface area contributed by atoms with E-state index in [-0.39, 0.29) is 11.1 Å². The van der Waals surface area contributed by atoms with Crippen LogP contribution in [-0.4, -0.2) is 17.4 Å². The predicted octanol–water partition coefficient (Wildman–Crippen LogP) is 4.19. The average molecular weight is 286 g/mol. The van der Waals surface area contributed by atoms with E-state index in [4.69, 9.17) is 16.3 Å². The molecule has 0 amide bonds. The molecule has 106 valence electrons. The van der Waals surface area contributed by atoms with Crippen LogP contribution in [0.1, 0.15) is 32.3 Å². The standard InChI is InChI=1S/C14H20ClNO3/c1-10(2)8-12(15)5-4-11-9-13(16(17)18)6-7-14(11)19-3/h6-7,9-10,12H,4-5,8H2,1-3H3. The molecule has 0 bridgehead atoms. The first-order chi connectivity index (χ1) is 8.93. The first kappa shape index (κ1) is 15.8. The van der Waals surface area contributed by atoms with Crippen molar-refractivity contribution in [3.05, 3.63) is 33.9 Å². The van der Waals surface area contributed by atoms with Gasteiger partial charge < -0.3 is 4.74 Å². The molecule has 0 aromatic heterocycles. The van der Waals surface area contributed by atoms with Crippen LogP contribution in [0.15, 0.2) is 18.2 Å². The van der Waals surface area contributed by atoms with Crippen molar-refractivity contribution in [2.24, 2.45) is 5.92 Å². The van der Waals surface area contributed by atoms with Crippen LogP contribution in [0, 0.1) is 16.0 Å². The fraction of sp³-hybridized carbons (Fsp3) is 0.571. The number of halogens is 1. The summed E-state index contributed by atoms with van der Waals surface area (Å²) in [7, 11) is 1.57. The number of non-ortho nitro benzene ring substituents is 1. The molecule has 0 N–H and O–H groups in total. The first-order valence-corrected chi connectivity index (χ1v) is 6.83. The molecule has 0 saturated carbocycles. The van der Waals surface area contributed by atoms with Gasteiger partial charge in [0.2, 0.25) is 0 Å². The second kappa shape index (κ2) is 7.34. The van der Waals surface area contributed by atoms with Crippen LogP contribution < -0.4 is 4.74 Å². The summed E-state index contributed by atoms with van der Waals surface area (Å²) in [6, 6.07) is 4.66. The normalized spacial score (nSPS) is 12.5. The molecule has 1 rings (SSSR count). The Kier molecular flexibility index (Phi) is 6.09. The Labute approximate surface area is 118 Å². The van der Waals surface area contributed by atoms with Crippen molar-refractivity contribution in [3.63, 3.8) is 0 Å². The maximum Gasteiger partial charge on any atom is 0.269 e. The van der Waals surface area contributed by atoms with Crippen molar-refractivity contribution in [2.45, 2.75) is 38.5 Å². The predicted molar refractivity (Wildman–Crippen MR) is 77.1 cm³/mol. The molecule has 0 heterocycles. The highest BCUT2D eigenvalue weighted by Crippen LogP contribution is 2.27. The van der Waals surface area contributed by atoms with Crippen molar-refractivity contribution >= 4 is 17.3 Å². The van der Waals surface area contributed by atoms with Crippen LogP contribution in [-0.2, 0) is 6.42 Å². The molecule has 1 atom stereocenters. The van der Waals surface area contributed by atoms with Gasteiger partial charge in [-0.1, -0.05) is 13.8 Å². The number of nitro groups is 1. The highest BCUT2D eigenvalue weighted by Gasteiger charge is 2.13. The van der Waals surface area contributed by atoms with Crippen LogP contribution in [0.4, 0.5) is 5.69 Å². The quantitative estimate of drug-likeness (QED) is 0.429. The van der Waals surface area contributed by atoms with E-state index in [9.17, 15) is 10.1 Å². The maximum absolute atomic E-state index is 10.8. The minimum absolute atomic E-state index is 0.0870. The Morgan fingerprint density at radius 1 is 1.42 bits per heavy atom. The van der Waals surface area contributed by atoms with E-state index in [0.717, 1.165) is 18.4 Å². The SMILES string of the molecule is COc1ccc([N+](=O)[O-])cc1CCC(Cl)CC(C)C. The molecule has 1 aromatic rings. The lowest BCUT2D eigenvalue weighted by molar-refractivity contribution is -0.384. The number of nitro benzene ring substituents is 1. The van der Waals surface area contributed by atoms with Gasteiger partial charge in [0.15, 0.2) is 0 Å². The van der Waals surface area contributed by atoms with E-state index in [0.29, 0.717) is 18.1 Å². The molecule has 0 aliphatic rings. The van der Waals surface area contributed by atoms with Crippen LogP contribution >= 0.6 is 11.6 Å². The van der Waals surface area contributed by atoms with Crippen LogP contribution in [0.25, 0.3) is 0 Å². The smallest absolute Gasteiger partial charge is 0.269 e. The third-order valence-corrected chi connectivity index (χ3v) is 3.33. The van der Waals surface area contributed by atoms with Gasteiger partial charge in [-0.3, -0.25) is 10.1 Å². The van der Waals surface area contributed by atoms with Crippen LogP contribution in [0.2, 0.25) is 0 Å². The summed E-state index contributed by atoms with van der Waals surface area (Å²) >= 11 is 6.25. The van der Waals surface area contributed by atoms with Crippen LogP contribution in [0.3, 0.4) is 0 Å². The van der Waals surface area contributed by atoms with Crippen molar-refractivity contribution in [1.82, 2.24) is 0 Å². The molecule has 19 heavy (non-hydrogen) atoms. The van der Waals surface area contributed by atoms with E-state index in [2.05, 4.69) is 13.8 Å². The topological polar surface area (TPSA) is 52.4 Å². The monoisotopic (exact) mass is 285 g/mol. The zero-order chi connectivity index (χ0) is 14.4. The summed E-state index contributed by atoms with van der Waals surface area (Å²) in [5.74, 6) is 1.23. The first-order valence-electron chi connectivity index (χ1n) is 6.39. The molecule has 1 unspecified atom stereocenters. The van der Waals surface area contributed by atoms with Gasteiger partial charge >= 0.3 is 0 Å². The minimum Gasteiger partial charge on any atom is -0.496 e. The Bertz CT molecular complexity index is 435. The third kappa shape index (κ3) is 5.07. The lowest BCUT2D eigenvalue weighted by Gasteiger charge is -2.13. The Hall–Kier alpha value is -1.29. The van der Waals surface area contributed by atoms with E-state index >= 15 is 0 Å². The summed E-state index contributed by atoms with van der Waals surface area (Å²) in [5, 5.41) is 10.9. The molecule has 0 fully saturated rings. The van der Waals surface area contributed by atoms with E-state index in [1.54, 1.807) is 19.2 Å². The van der Waals surface area contributed by atoms with Crippen LogP contribution in [0.5, 0.6) is 5.75 Å². The molecular weight excluding hydrogens is 266 g/mol. The fourth-order valence-corrected chi connectivity index (χ4v) is 2.48. The van der Waals surface area contributed by atoms with Crippen molar-refractivity contribution in [1.29, 1.82) is 0 Å². The van der Waals surface area contributed by atoms with E-state index in [1.165, 1.54) is 6.07 Å². The molecular formula is C14H20ClNO3. The summed E-state index contributed by atoms with van der Waals surface area (Å²) in [6.07, 6.45) is 2.42. The largest absolute Gasteiger partial charge is 0.496 e. The lowest BCUT2D eigenvalue weighted by atomic mass is 10.0. The summed E-state index contributed by atoms with van der Waals surface area (Å²) in [4.78, 5) is 10.4. The lowest BCUT2D eigenvalue weighted by Crippen LogP contribution is -2.06. The molecule has 0 saturated heterocycles. The zero-order valence-corrected chi connectivity index (χ0v) is 12.3. The molecule has 0 aliphatic carbocycles. The second-order valence-electron chi connectivity index (χ2n) is 5.02. The van der Waals surface area contributed by atoms with Gasteiger partial charge in [0.05, 0.1) is 12.0 Å². The Morgan fingerprint density at radius 3 is 2.63 bits per heavy atom. The number of alkyl halides is 1. The van der Waals surface area contributed by atoms with Gasteiger partial charge in [0.25, 0.3) is 5.69 Å². The highest BCUT2D eigenvalue weighted by molar-refractivity contribution is 6.20. The minimum atomic E-state index is -0.394. The number of benzene rings is 1. The third-order valence-electron chi connectivity index (χ3n) is 2.93. The maximum atomic E-state index is 10.8. The number of hydrogen-bond donors (Lipinski definition) is 0. The Balaban J connectivity index is 2.75. The van der Waals surface area contributed by atoms with Crippen molar-refractivity contribution in [2.75, 3.05) is 7.11 Å². The number of aryl methyl sites for hydroxylation is 1. The van der Waals surface area contributed by atoms with Gasteiger partial charge in [-0.05, 0) is 31.2 Å². The summed E-state index contributed by atoms with van der Waals surface area (Å²) in [5.41, 5.74) is 0.928. The van der Waals surface area contributed by atoms with Crippen molar-refractivity contribution in [3.8, 4) is 5.75 Å². The Morgan fingerprint density at radius 2 is 2.11 bits per heavy atom. The zero-order valence-electron chi connectivity index (χ0n) is 11.6.